The largest absolute Gasteiger partial charge is 0.439 e. The lowest BCUT2D eigenvalue weighted by molar-refractivity contribution is 1.42. The zero-order valence-electron chi connectivity index (χ0n) is 6.76. The Morgan fingerprint density at radius 2 is 1.80 bits per heavy atom. The van der Waals surface area contributed by atoms with Crippen molar-refractivity contribution < 1.29 is 0 Å². The van der Waals surface area contributed by atoms with Crippen LogP contribution in [0.3, 0.4) is 0 Å². The average Bonchev–Trinajstić information content (AvgIpc) is 1.88. The Labute approximate surface area is 68.1 Å². The summed E-state index contributed by atoms with van der Waals surface area (Å²) < 4.78 is 2.40. The molecule has 1 aromatic rings. The normalized spacial score (nSPS) is 10.1. The lowest BCUT2D eigenvalue weighted by Crippen LogP contribution is -2.14. The molecule has 0 saturated heterocycles. The molecule has 0 amide bonds. The van der Waals surface area contributed by atoms with Crippen LogP contribution in [0, 0.1) is 6.92 Å². The molecule has 0 radical (unpaired) electrons. The topological polar surface area (TPSA) is 3.24 Å². The van der Waals surface area contributed by atoms with E-state index < -0.39 is 0 Å². The molecule has 0 atom stereocenters. The van der Waals surface area contributed by atoms with Gasteiger partial charge in [-0.3, -0.25) is 0 Å². The van der Waals surface area contributed by atoms with Crippen molar-refractivity contribution in [3.05, 3.63) is 29.8 Å². The van der Waals surface area contributed by atoms with E-state index in [1.165, 1.54) is 11.3 Å². The molecule has 10 heavy (non-hydrogen) atoms. The van der Waals surface area contributed by atoms with Crippen molar-refractivity contribution in [1.29, 1.82) is 0 Å². The van der Waals surface area contributed by atoms with Gasteiger partial charge >= 0.3 is 0 Å². The highest BCUT2D eigenvalue weighted by molar-refractivity contribution is 6.41. The number of aryl methyl sites for hydroxylation is 1. The zero-order chi connectivity index (χ0) is 7.56. The van der Waals surface area contributed by atoms with Crippen molar-refractivity contribution in [3.63, 3.8) is 0 Å². The molecule has 3 heteroatoms. The van der Waals surface area contributed by atoms with Crippen molar-refractivity contribution in [1.82, 2.24) is 0 Å². The number of nitrogens with zero attached hydrogens (tertiary/aromatic N) is 1. The summed E-state index contributed by atoms with van der Waals surface area (Å²) in [4.78, 5) is 0. The molecule has 0 aliphatic carbocycles. The van der Waals surface area contributed by atoms with Gasteiger partial charge < -0.3 is 4.23 Å². The Hall–Kier alpha value is -0.546. The van der Waals surface area contributed by atoms with Crippen LogP contribution < -0.4 is 4.23 Å². The van der Waals surface area contributed by atoms with Gasteiger partial charge in [-0.05, 0) is 18.6 Å². The first-order valence-corrected chi connectivity index (χ1v) is 5.23. The maximum Gasteiger partial charge on any atom is 0.0965 e. The van der Waals surface area contributed by atoms with Crippen LogP contribution in [0.25, 0.3) is 0 Å². The monoisotopic (exact) mass is 167 g/mol. The maximum atomic E-state index is 2.40. The Morgan fingerprint density at radius 3 is 2.20 bits per heavy atom. The van der Waals surface area contributed by atoms with Gasteiger partial charge in [-0.15, -0.1) is 0 Å². The van der Waals surface area contributed by atoms with E-state index in [0.717, 1.165) is 20.8 Å². The number of hydrogen-bond donors (Lipinski definition) is 0. The lowest BCUT2D eigenvalue weighted by atomic mass is 10.2. The molecular weight excluding hydrogens is 154 g/mol. The third-order valence-corrected chi connectivity index (χ3v) is 2.56. The second kappa shape index (κ2) is 3.03. The molecule has 1 aromatic carbocycles. The summed E-state index contributed by atoms with van der Waals surface area (Å²) in [5.74, 6) is 0. The van der Waals surface area contributed by atoms with Gasteiger partial charge in [0.05, 0.1) is 20.8 Å². The molecule has 0 aliphatic rings. The summed E-state index contributed by atoms with van der Waals surface area (Å²) in [6.45, 7) is 2.16. The standard InChI is InChI=1S/C7H13NSi2/c1-6-4-2-3-5-7(6)8(9)10/h2-5H,1,9-10H3. The minimum atomic E-state index is 1.15. The van der Waals surface area contributed by atoms with Gasteiger partial charge in [0, 0.05) is 5.69 Å². The predicted molar refractivity (Wildman–Crippen MR) is 53.5 cm³/mol. The van der Waals surface area contributed by atoms with Gasteiger partial charge in [0.25, 0.3) is 0 Å². The first kappa shape index (κ1) is 7.56. The van der Waals surface area contributed by atoms with Crippen LogP contribution in [0.15, 0.2) is 24.3 Å². The number of benzene rings is 1. The highest BCUT2D eigenvalue weighted by atomic mass is 28.2. The summed E-state index contributed by atoms with van der Waals surface area (Å²) in [7, 11) is 2.30. The molecule has 54 valence electrons. The Morgan fingerprint density at radius 1 is 1.20 bits per heavy atom. The first-order chi connectivity index (χ1) is 4.72. The first-order valence-electron chi connectivity index (χ1n) is 3.45. The fourth-order valence-electron chi connectivity index (χ4n) is 1.07. The summed E-state index contributed by atoms with van der Waals surface area (Å²) in [5.41, 5.74) is 2.81. The highest BCUT2D eigenvalue weighted by Gasteiger charge is 1.94. The van der Waals surface area contributed by atoms with Crippen LogP contribution >= 0.6 is 0 Å². The van der Waals surface area contributed by atoms with Crippen molar-refractivity contribution in [2.45, 2.75) is 6.92 Å². The number of para-hydroxylation sites is 1. The number of rotatable bonds is 1. The summed E-state index contributed by atoms with van der Waals surface area (Å²) >= 11 is 0. The van der Waals surface area contributed by atoms with E-state index in [1.54, 1.807) is 0 Å². The summed E-state index contributed by atoms with van der Waals surface area (Å²) in [6.07, 6.45) is 0. The van der Waals surface area contributed by atoms with Crippen LogP contribution in [0.5, 0.6) is 0 Å². The minimum absolute atomic E-state index is 1.15. The van der Waals surface area contributed by atoms with E-state index in [-0.39, 0.29) is 0 Å². The molecule has 0 aromatic heterocycles. The zero-order valence-corrected chi connectivity index (χ0v) is 10.8. The van der Waals surface area contributed by atoms with Crippen LogP contribution in [-0.4, -0.2) is 20.8 Å². The van der Waals surface area contributed by atoms with Gasteiger partial charge in [0.2, 0.25) is 0 Å². The van der Waals surface area contributed by atoms with Gasteiger partial charge in [-0.25, -0.2) is 0 Å². The minimum Gasteiger partial charge on any atom is -0.439 e. The second-order valence-electron chi connectivity index (χ2n) is 2.68. The van der Waals surface area contributed by atoms with Crippen molar-refractivity contribution in [2.24, 2.45) is 0 Å². The summed E-state index contributed by atoms with van der Waals surface area (Å²) in [5, 5.41) is 0. The van der Waals surface area contributed by atoms with Gasteiger partial charge in [0.15, 0.2) is 0 Å². The SMILES string of the molecule is Cc1ccccc1N([SiH3])[SiH3]. The van der Waals surface area contributed by atoms with E-state index >= 15 is 0 Å². The molecule has 0 spiro atoms. The van der Waals surface area contributed by atoms with Gasteiger partial charge in [-0.2, -0.15) is 0 Å². The van der Waals surface area contributed by atoms with Crippen LogP contribution in [-0.2, 0) is 0 Å². The molecule has 1 rings (SSSR count). The fourth-order valence-corrected chi connectivity index (χ4v) is 2.07. The van der Waals surface area contributed by atoms with Crippen molar-refractivity contribution in [3.8, 4) is 0 Å². The quantitative estimate of drug-likeness (QED) is 0.503. The Kier molecular flexibility index (Phi) is 2.29. The lowest BCUT2D eigenvalue weighted by Gasteiger charge is -2.15. The Bertz CT molecular complexity index is 223. The van der Waals surface area contributed by atoms with E-state index in [1.807, 2.05) is 0 Å². The molecule has 0 aliphatic heterocycles. The third kappa shape index (κ3) is 1.49. The fraction of sp³-hybridized carbons (Fsp3) is 0.143. The van der Waals surface area contributed by atoms with E-state index in [2.05, 4.69) is 35.4 Å². The maximum absolute atomic E-state index is 2.40. The molecule has 1 nitrogen and oxygen atoms in total. The summed E-state index contributed by atoms with van der Waals surface area (Å²) in [6, 6.07) is 8.55. The van der Waals surface area contributed by atoms with Crippen molar-refractivity contribution in [2.75, 3.05) is 4.23 Å². The third-order valence-electron chi connectivity index (χ3n) is 1.60. The molecule has 0 heterocycles. The van der Waals surface area contributed by atoms with E-state index in [4.69, 9.17) is 0 Å². The Balaban J connectivity index is 3.03. The van der Waals surface area contributed by atoms with E-state index in [0.29, 0.717) is 0 Å². The predicted octanol–water partition coefficient (Wildman–Crippen LogP) is -0.638. The molecule has 0 saturated carbocycles. The van der Waals surface area contributed by atoms with Crippen LogP contribution in [0.1, 0.15) is 5.56 Å². The molecule has 0 N–H and O–H groups in total. The number of anilines is 1. The van der Waals surface area contributed by atoms with Gasteiger partial charge in [0.1, 0.15) is 0 Å². The smallest absolute Gasteiger partial charge is 0.0965 e. The molecule has 0 unspecified atom stereocenters. The average molecular weight is 167 g/mol. The van der Waals surface area contributed by atoms with Crippen LogP contribution in [0.4, 0.5) is 5.69 Å². The van der Waals surface area contributed by atoms with Crippen LogP contribution in [0.2, 0.25) is 0 Å². The highest BCUT2D eigenvalue weighted by Crippen LogP contribution is 2.14. The molecule has 0 bridgehead atoms. The van der Waals surface area contributed by atoms with Crippen molar-refractivity contribution >= 4 is 26.5 Å². The van der Waals surface area contributed by atoms with E-state index in [9.17, 15) is 0 Å². The van der Waals surface area contributed by atoms with Gasteiger partial charge in [-0.1, -0.05) is 18.2 Å². The molecular formula is C7H13NSi2. The molecule has 0 fully saturated rings. The number of hydrogen-bond acceptors (Lipinski definition) is 1. The second-order valence-corrected chi connectivity index (χ2v) is 7.15.